The molecule has 0 saturated carbocycles. The summed E-state index contributed by atoms with van der Waals surface area (Å²) in [4.78, 5) is 13.8. The highest BCUT2D eigenvalue weighted by molar-refractivity contribution is 7.88. The van der Waals surface area contributed by atoms with Crippen LogP contribution >= 0.6 is 0 Å². The predicted molar refractivity (Wildman–Crippen MR) is 86.2 cm³/mol. The SMILES string of the molecule is CC(C)(C)OC(=O)NCC1CCN(CCNS(C)(=O)=O)CC1. The van der Waals surface area contributed by atoms with Crippen molar-refractivity contribution in [2.75, 3.05) is 39.0 Å². The van der Waals surface area contributed by atoms with Crippen molar-refractivity contribution in [3.05, 3.63) is 0 Å². The first kappa shape index (κ1) is 19.2. The zero-order chi connectivity index (χ0) is 16.8. The second-order valence-electron chi connectivity index (χ2n) is 6.83. The van der Waals surface area contributed by atoms with Crippen LogP contribution in [0.4, 0.5) is 4.79 Å². The summed E-state index contributed by atoms with van der Waals surface area (Å²) in [5.74, 6) is 0.451. The van der Waals surface area contributed by atoms with Crippen molar-refractivity contribution in [1.82, 2.24) is 14.9 Å². The number of sulfonamides is 1. The highest BCUT2D eigenvalue weighted by atomic mass is 32.2. The van der Waals surface area contributed by atoms with E-state index in [4.69, 9.17) is 4.74 Å². The van der Waals surface area contributed by atoms with Crippen molar-refractivity contribution >= 4 is 16.1 Å². The van der Waals surface area contributed by atoms with Gasteiger partial charge in [0.1, 0.15) is 5.60 Å². The number of ether oxygens (including phenoxy) is 1. The van der Waals surface area contributed by atoms with Gasteiger partial charge in [-0.3, -0.25) is 0 Å². The molecule has 0 aromatic heterocycles. The lowest BCUT2D eigenvalue weighted by Gasteiger charge is -2.32. The van der Waals surface area contributed by atoms with Crippen LogP contribution in [0.2, 0.25) is 0 Å². The van der Waals surface area contributed by atoms with Gasteiger partial charge in [-0.15, -0.1) is 0 Å². The van der Waals surface area contributed by atoms with Crippen LogP contribution in [0.15, 0.2) is 0 Å². The molecular formula is C14H29N3O4S. The number of hydrogen-bond acceptors (Lipinski definition) is 5. The van der Waals surface area contributed by atoms with Crippen LogP contribution in [-0.2, 0) is 14.8 Å². The molecule has 8 heteroatoms. The summed E-state index contributed by atoms with van der Waals surface area (Å²) in [5.41, 5.74) is -0.472. The van der Waals surface area contributed by atoms with Crippen LogP contribution in [-0.4, -0.2) is 64.0 Å². The van der Waals surface area contributed by atoms with E-state index in [9.17, 15) is 13.2 Å². The lowest BCUT2D eigenvalue weighted by Crippen LogP contribution is -2.42. The van der Waals surface area contributed by atoms with Gasteiger partial charge in [0, 0.05) is 19.6 Å². The molecule has 0 unspecified atom stereocenters. The summed E-state index contributed by atoms with van der Waals surface area (Å²) in [5, 5.41) is 2.82. The third-order valence-electron chi connectivity index (χ3n) is 3.43. The van der Waals surface area contributed by atoms with E-state index < -0.39 is 15.6 Å². The molecule has 130 valence electrons. The molecule has 0 aromatic carbocycles. The number of likely N-dealkylation sites (tertiary alicyclic amines) is 1. The van der Waals surface area contributed by atoms with Crippen molar-refractivity contribution in [1.29, 1.82) is 0 Å². The fraction of sp³-hybridized carbons (Fsp3) is 0.929. The van der Waals surface area contributed by atoms with Gasteiger partial charge < -0.3 is 15.0 Å². The summed E-state index contributed by atoms with van der Waals surface area (Å²) in [6, 6.07) is 0. The lowest BCUT2D eigenvalue weighted by atomic mass is 9.97. The van der Waals surface area contributed by atoms with Gasteiger partial charge >= 0.3 is 6.09 Å². The molecule has 0 radical (unpaired) electrons. The molecule has 1 heterocycles. The number of carbonyl (C=O) groups is 1. The van der Waals surface area contributed by atoms with E-state index in [1.54, 1.807) is 0 Å². The zero-order valence-electron chi connectivity index (χ0n) is 14.0. The Morgan fingerprint density at radius 2 is 1.86 bits per heavy atom. The van der Waals surface area contributed by atoms with Crippen LogP contribution < -0.4 is 10.0 Å². The van der Waals surface area contributed by atoms with Crippen molar-refractivity contribution in [2.24, 2.45) is 5.92 Å². The maximum absolute atomic E-state index is 11.6. The van der Waals surface area contributed by atoms with Gasteiger partial charge in [-0.1, -0.05) is 0 Å². The molecule has 1 rings (SSSR count). The molecule has 0 atom stereocenters. The van der Waals surface area contributed by atoms with Crippen LogP contribution in [0.3, 0.4) is 0 Å². The summed E-state index contributed by atoms with van der Waals surface area (Å²) < 4.78 is 29.7. The van der Waals surface area contributed by atoms with Gasteiger partial charge in [0.25, 0.3) is 0 Å². The van der Waals surface area contributed by atoms with Gasteiger partial charge in [-0.05, 0) is 52.6 Å². The monoisotopic (exact) mass is 335 g/mol. The number of rotatable bonds is 6. The first-order chi connectivity index (χ1) is 10.1. The summed E-state index contributed by atoms with van der Waals surface area (Å²) >= 11 is 0. The number of alkyl carbamates (subject to hydrolysis) is 1. The minimum atomic E-state index is -3.11. The van der Waals surface area contributed by atoms with Crippen molar-refractivity contribution < 1.29 is 17.9 Å². The van der Waals surface area contributed by atoms with E-state index in [0.717, 1.165) is 32.5 Å². The molecule has 7 nitrogen and oxygen atoms in total. The van der Waals surface area contributed by atoms with Gasteiger partial charge in [0.15, 0.2) is 0 Å². The number of nitrogens with zero attached hydrogens (tertiary/aromatic N) is 1. The Morgan fingerprint density at radius 1 is 1.27 bits per heavy atom. The normalized spacial score (nSPS) is 18.2. The molecule has 1 amide bonds. The lowest BCUT2D eigenvalue weighted by molar-refractivity contribution is 0.0510. The van der Waals surface area contributed by atoms with Gasteiger partial charge in [-0.25, -0.2) is 17.9 Å². The van der Waals surface area contributed by atoms with Crippen LogP contribution in [0.25, 0.3) is 0 Å². The predicted octanol–water partition coefficient (Wildman–Crippen LogP) is 0.772. The Kier molecular flexibility index (Phi) is 7.08. The summed E-state index contributed by atoms with van der Waals surface area (Å²) in [6.45, 7) is 9.17. The number of nitrogens with one attached hydrogen (secondary N) is 2. The van der Waals surface area contributed by atoms with Crippen molar-refractivity contribution in [3.8, 4) is 0 Å². The summed E-state index contributed by atoms with van der Waals surface area (Å²) in [6.07, 6.45) is 2.79. The van der Waals surface area contributed by atoms with Gasteiger partial charge in [-0.2, -0.15) is 0 Å². The molecule has 1 saturated heterocycles. The minimum absolute atomic E-state index is 0.368. The Balaban J connectivity index is 2.16. The average Bonchev–Trinajstić information content (AvgIpc) is 2.34. The zero-order valence-corrected chi connectivity index (χ0v) is 14.8. The molecule has 0 aliphatic carbocycles. The van der Waals surface area contributed by atoms with Crippen LogP contribution in [0.5, 0.6) is 0 Å². The molecular weight excluding hydrogens is 306 g/mol. The first-order valence-electron chi connectivity index (χ1n) is 7.69. The van der Waals surface area contributed by atoms with E-state index >= 15 is 0 Å². The first-order valence-corrected chi connectivity index (χ1v) is 9.58. The second kappa shape index (κ2) is 8.12. The fourth-order valence-corrected chi connectivity index (χ4v) is 2.81. The fourth-order valence-electron chi connectivity index (χ4n) is 2.35. The Labute approximate surface area is 133 Å². The highest BCUT2D eigenvalue weighted by Crippen LogP contribution is 2.16. The molecule has 1 fully saturated rings. The third kappa shape index (κ3) is 9.22. The average molecular weight is 335 g/mol. The minimum Gasteiger partial charge on any atom is -0.444 e. The maximum Gasteiger partial charge on any atom is 0.407 e. The largest absolute Gasteiger partial charge is 0.444 e. The molecule has 22 heavy (non-hydrogen) atoms. The Hall–Kier alpha value is -0.860. The number of amides is 1. The van der Waals surface area contributed by atoms with Crippen molar-refractivity contribution in [2.45, 2.75) is 39.2 Å². The molecule has 2 N–H and O–H groups in total. The second-order valence-corrected chi connectivity index (χ2v) is 8.67. The Morgan fingerprint density at radius 3 is 2.36 bits per heavy atom. The van der Waals surface area contributed by atoms with Crippen LogP contribution in [0.1, 0.15) is 33.6 Å². The maximum atomic E-state index is 11.6. The van der Waals surface area contributed by atoms with Crippen LogP contribution in [0, 0.1) is 5.92 Å². The van der Waals surface area contributed by atoms with E-state index in [-0.39, 0.29) is 6.09 Å². The molecule has 0 spiro atoms. The van der Waals surface area contributed by atoms with E-state index in [1.165, 1.54) is 6.26 Å². The van der Waals surface area contributed by atoms with E-state index in [0.29, 0.717) is 19.0 Å². The third-order valence-corrected chi connectivity index (χ3v) is 4.16. The van der Waals surface area contributed by atoms with Crippen molar-refractivity contribution in [3.63, 3.8) is 0 Å². The topological polar surface area (TPSA) is 87.7 Å². The van der Waals surface area contributed by atoms with E-state index in [1.807, 2.05) is 20.8 Å². The number of piperidine rings is 1. The van der Waals surface area contributed by atoms with E-state index in [2.05, 4.69) is 14.9 Å². The summed E-state index contributed by atoms with van der Waals surface area (Å²) in [7, 11) is -3.11. The standard InChI is InChI=1S/C14H29N3O4S/c1-14(2,3)21-13(18)15-11-12-5-8-17(9-6-12)10-7-16-22(4,19)20/h12,16H,5-11H2,1-4H3,(H,15,18). The molecule has 0 bridgehead atoms. The van der Waals surface area contributed by atoms with Gasteiger partial charge in [0.2, 0.25) is 10.0 Å². The highest BCUT2D eigenvalue weighted by Gasteiger charge is 2.21. The smallest absolute Gasteiger partial charge is 0.407 e. The molecule has 1 aliphatic heterocycles. The number of hydrogen-bond donors (Lipinski definition) is 2. The molecule has 0 aromatic rings. The number of carbonyl (C=O) groups excluding carboxylic acids is 1. The quantitative estimate of drug-likeness (QED) is 0.749. The van der Waals surface area contributed by atoms with Gasteiger partial charge in [0.05, 0.1) is 6.26 Å². The Bertz CT molecular complexity index is 451. The molecule has 1 aliphatic rings.